The molecule has 0 aliphatic rings. The third kappa shape index (κ3) is 4.85. The van der Waals surface area contributed by atoms with E-state index in [0.717, 1.165) is 38.0 Å². The lowest BCUT2D eigenvalue weighted by molar-refractivity contribution is 0.0953. The third-order valence-corrected chi connectivity index (χ3v) is 2.40. The smallest absolute Gasteiger partial charge is 0.252 e. The van der Waals surface area contributed by atoms with Crippen LogP contribution in [-0.2, 0) is 0 Å². The lowest BCUT2D eigenvalue weighted by Crippen LogP contribution is -2.24. The van der Waals surface area contributed by atoms with E-state index in [4.69, 9.17) is 0 Å². The molecule has 0 unspecified atom stereocenters. The number of nitrogens with one attached hydrogen (secondary N) is 2. The van der Waals surface area contributed by atoms with E-state index in [1.54, 1.807) is 12.4 Å². The number of pyridine rings is 1. The number of unbranched alkanes of at least 4 members (excludes halogenated alkanes) is 1. The highest BCUT2D eigenvalue weighted by Crippen LogP contribution is 2.08. The van der Waals surface area contributed by atoms with Gasteiger partial charge < -0.3 is 10.6 Å². The highest BCUT2D eigenvalue weighted by atomic mass is 16.1. The third-order valence-electron chi connectivity index (χ3n) is 2.40. The van der Waals surface area contributed by atoms with E-state index >= 15 is 0 Å². The van der Waals surface area contributed by atoms with Gasteiger partial charge in [0.25, 0.3) is 5.91 Å². The first-order valence-corrected chi connectivity index (χ1v) is 6.25. The van der Waals surface area contributed by atoms with Crippen LogP contribution in [0.1, 0.15) is 43.5 Å². The maximum Gasteiger partial charge on any atom is 0.252 e. The van der Waals surface area contributed by atoms with Gasteiger partial charge in [-0.2, -0.15) is 0 Å². The number of carbonyl (C=O) groups excluding carboxylic acids is 1. The van der Waals surface area contributed by atoms with Crippen molar-refractivity contribution in [3.05, 3.63) is 24.0 Å². The van der Waals surface area contributed by atoms with Gasteiger partial charge in [0.15, 0.2) is 0 Å². The minimum absolute atomic E-state index is 0.0499. The molecule has 0 spiro atoms. The fourth-order valence-electron chi connectivity index (χ4n) is 1.41. The van der Waals surface area contributed by atoms with Gasteiger partial charge >= 0.3 is 0 Å². The SMILES string of the molecule is CCCCNC(=O)c1cncc(NCCC)c1. The van der Waals surface area contributed by atoms with Gasteiger partial charge in [-0.1, -0.05) is 20.3 Å². The molecule has 0 aromatic carbocycles. The van der Waals surface area contributed by atoms with Crippen LogP contribution < -0.4 is 10.6 Å². The van der Waals surface area contributed by atoms with Gasteiger partial charge in [0, 0.05) is 25.5 Å². The molecule has 2 N–H and O–H groups in total. The summed E-state index contributed by atoms with van der Waals surface area (Å²) in [6, 6.07) is 1.84. The average molecular weight is 235 g/mol. The van der Waals surface area contributed by atoms with Gasteiger partial charge in [0.2, 0.25) is 0 Å². The van der Waals surface area contributed by atoms with Crippen molar-refractivity contribution < 1.29 is 4.79 Å². The molecule has 0 saturated carbocycles. The summed E-state index contributed by atoms with van der Waals surface area (Å²) in [5.74, 6) is -0.0499. The molecule has 0 atom stereocenters. The van der Waals surface area contributed by atoms with Gasteiger partial charge in [0.05, 0.1) is 11.3 Å². The number of nitrogens with zero attached hydrogens (tertiary/aromatic N) is 1. The molecular formula is C13H21N3O. The monoisotopic (exact) mass is 235 g/mol. The van der Waals surface area contributed by atoms with E-state index in [1.807, 2.05) is 6.07 Å². The van der Waals surface area contributed by atoms with Crippen LogP contribution in [0.3, 0.4) is 0 Å². The quantitative estimate of drug-likeness (QED) is 0.714. The molecule has 1 amide bonds. The predicted molar refractivity (Wildman–Crippen MR) is 70.3 cm³/mol. The van der Waals surface area contributed by atoms with Gasteiger partial charge in [-0.3, -0.25) is 9.78 Å². The maximum atomic E-state index is 11.8. The Kier molecular flexibility index (Phi) is 6.07. The van der Waals surface area contributed by atoms with Crippen LogP contribution in [0.4, 0.5) is 5.69 Å². The Balaban J connectivity index is 2.54. The molecule has 0 fully saturated rings. The molecular weight excluding hydrogens is 214 g/mol. The van der Waals surface area contributed by atoms with Gasteiger partial charge in [-0.05, 0) is 18.9 Å². The molecule has 0 aliphatic carbocycles. The summed E-state index contributed by atoms with van der Waals surface area (Å²) in [7, 11) is 0. The predicted octanol–water partition coefficient (Wildman–Crippen LogP) is 2.43. The van der Waals surface area contributed by atoms with E-state index in [0.29, 0.717) is 5.56 Å². The molecule has 1 aromatic heterocycles. The van der Waals surface area contributed by atoms with Crippen molar-refractivity contribution in [3.8, 4) is 0 Å². The Hall–Kier alpha value is -1.58. The minimum Gasteiger partial charge on any atom is -0.384 e. The Bertz CT molecular complexity index is 352. The maximum absolute atomic E-state index is 11.8. The van der Waals surface area contributed by atoms with Crippen LogP contribution in [0.5, 0.6) is 0 Å². The van der Waals surface area contributed by atoms with Crippen molar-refractivity contribution in [2.24, 2.45) is 0 Å². The summed E-state index contributed by atoms with van der Waals surface area (Å²) in [6.07, 6.45) is 6.47. The number of hydrogen-bond acceptors (Lipinski definition) is 3. The lowest BCUT2D eigenvalue weighted by Gasteiger charge is -2.07. The summed E-state index contributed by atoms with van der Waals surface area (Å²) < 4.78 is 0. The van der Waals surface area contributed by atoms with Crippen LogP contribution in [0.25, 0.3) is 0 Å². The number of hydrogen-bond donors (Lipinski definition) is 2. The van der Waals surface area contributed by atoms with Crippen molar-refractivity contribution in [1.82, 2.24) is 10.3 Å². The molecule has 4 nitrogen and oxygen atoms in total. The van der Waals surface area contributed by atoms with Gasteiger partial charge in [0.1, 0.15) is 0 Å². The van der Waals surface area contributed by atoms with Crippen molar-refractivity contribution >= 4 is 11.6 Å². The molecule has 1 rings (SSSR count). The highest BCUT2D eigenvalue weighted by Gasteiger charge is 2.05. The Morgan fingerprint density at radius 2 is 2.06 bits per heavy atom. The highest BCUT2D eigenvalue weighted by molar-refractivity contribution is 5.94. The van der Waals surface area contributed by atoms with E-state index in [-0.39, 0.29) is 5.91 Å². The van der Waals surface area contributed by atoms with Crippen molar-refractivity contribution in [3.63, 3.8) is 0 Å². The summed E-state index contributed by atoms with van der Waals surface area (Å²) in [6.45, 7) is 5.81. The Morgan fingerprint density at radius 1 is 1.24 bits per heavy atom. The van der Waals surface area contributed by atoms with Crippen molar-refractivity contribution in [2.45, 2.75) is 33.1 Å². The standard InChI is InChI=1S/C13H21N3O/c1-3-5-7-16-13(17)11-8-12(10-14-9-11)15-6-4-2/h8-10,15H,3-7H2,1-2H3,(H,16,17). The minimum atomic E-state index is -0.0499. The first-order valence-electron chi connectivity index (χ1n) is 6.25. The molecule has 94 valence electrons. The molecule has 0 saturated heterocycles. The average Bonchev–Trinajstić information content (AvgIpc) is 2.37. The topological polar surface area (TPSA) is 54.0 Å². The molecule has 0 aliphatic heterocycles. The van der Waals surface area contributed by atoms with Gasteiger partial charge in [-0.15, -0.1) is 0 Å². The van der Waals surface area contributed by atoms with Crippen LogP contribution in [0.15, 0.2) is 18.5 Å². The Morgan fingerprint density at radius 3 is 2.76 bits per heavy atom. The van der Waals surface area contributed by atoms with Crippen LogP contribution in [0.2, 0.25) is 0 Å². The molecule has 0 radical (unpaired) electrons. The number of amides is 1. The van der Waals surface area contributed by atoms with E-state index in [1.165, 1.54) is 0 Å². The van der Waals surface area contributed by atoms with Crippen molar-refractivity contribution in [2.75, 3.05) is 18.4 Å². The number of aromatic nitrogens is 1. The number of rotatable bonds is 7. The molecule has 0 bridgehead atoms. The number of anilines is 1. The summed E-state index contributed by atoms with van der Waals surface area (Å²) >= 11 is 0. The second-order valence-electron chi connectivity index (χ2n) is 4.00. The van der Waals surface area contributed by atoms with Crippen LogP contribution in [0, 0.1) is 0 Å². The molecule has 1 heterocycles. The van der Waals surface area contributed by atoms with Crippen LogP contribution in [-0.4, -0.2) is 24.0 Å². The molecule has 1 aromatic rings. The fraction of sp³-hybridized carbons (Fsp3) is 0.538. The van der Waals surface area contributed by atoms with Crippen LogP contribution >= 0.6 is 0 Å². The second-order valence-corrected chi connectivity index (χ2v) is 4.00. The number of carbonyl (C=O) groups is 1. The van der Waals surface area contributed by atoms with Crippen molar-refractivity contribution in [1.29, 1.82) is 0 Å². The summed E-state index contributed by atoms with van der Waals surface area (Å²) in [5, 5.41) is 6.09. The zero-order valence-electron chi connectivity index (χ0n) is 10.6. The van der Waals surface area contributed by atoms with Gasteiger partial charge in [-0.25, -0.2) is 0 Å². The fourth-order valence-corrected chi connectivity index (χ4v) is 1.41. The summed E-state index contributed by atoms with van der Waals surface area (Å²) in [5.41, 5.74) is 1.51. The molecule has 17 heavy (non-hydrogen) atoms. The lowest BCUT2D eigenvalue weighted by atomic mass is 10.2. The second kappa shape index (κ2) is 7.65. The summed E-state index contributed by atoms with van der Waals surface area (Å²) in [4.78, 5) is 15.8. The van der Waals surface area contributed by atoms with E-state index < -0.39 is 0 Å². The zero-order valence-corrected chi connectivity index (χ0v) is 10.6. The first kappa shape index (κ1) is 13.5. The Labute approximate surface area is 103 Å². The molecule has 4 heteroatoms. The first-order chi connectivity index (χ1) is 8.27. The van der Waals surface area contributed by atoms with E-state index in [9.17, 15) is 4.79 Å². The zero-order chi connectivity index (χ0) is 12.5. The largest absolute Gasteiger partial charge is 0.384 e. The van der Waals surface area contributed by atoms with E-state index in [2.05, 4.69) is 29.5 Å². The normalized spacial score (nSPS) is 10.0.